The highest BCUT2D eigenvalue weighted by Crippen LogP contribution is 2.29. The van der Waals surface area contributed by atoms with Crippen LogP contribution >= 0.6 is 0 Å². The molecular formula is C26H39B5N4O3. The van der Waals surface area contributed by atoms with E-state index in [-0.39, 0.29) is 30.6 Å². The molecule has 1 aromatic heterocycles. The fourth-order valence-electron chi connectivity index (χ4n) is 7.09. The van der Waals surface area contributed by atoms with Crippen molar-refractivity contribution < 1.29 is 14.3 Å². The van der Waals surface area contributed by atoms with Crippen LogP contribution in [-0.4, -0.2) is 109 Å². The van der Waals surface area contributed by atoms with Gasteiger partial charge in [-0.15, -0.1) is 16.4 Å². The fourth-order valence-corrected chi connectivity index (χ4v) is 7.09. The SMILES string of the molecule is Bc1c(B)c(B)c(C2CCN(C(=O)Cn3nc(C(=O)N4C[C@@H](C)O[C@@H](C)C4)c4c3CCC4)CC2)c(B)c1B. The van der Waals surface area contributed by atoms with Crippen LogP contribution in [0.1, 0.15) is 66.3 Å². The average Bonchev–Trinajstić information content (AvgIpc) is 3.50. The Morgan fingerprint density at radius 1 is 0.868 bits per heavy atom. The smallest absolute Gasteiger partial charge is 0.274 e. The second kappa shape index (κ2) is 10.7. The number of piperidine rings is 1. The summed E-state index contributed by atoms with van der Waals surface area (Å²) in [6, 6.07) is 0. The maximum absolute atomic E-state index is 13.4. The molecule has 2 atom stereocenters. The van der Waals surface area contributed by atoms with Crippen molar-refractivity contribution in [1.29, 1.82) is 0 Å². The van der Waals surface area contributed by atoms with Crippen molar-refractivity contribution in [1.82, 2.24) is 19.6 Å². The summed E-state index contributed by atoms with van der Waals surface area (Å²) in [4.78, 5) is 30.7. The molecule has 2 amide bonds. The van der Waals surface area contributed by atoms with Crippen LogP contribution in [-0.2, 0) is 28.9 Å². The van der Waals surface area contributed by atoms with Gasteiger partial charge in [0.1, 0.15) is 45.8 Å². The molecule has 1 aromatic carbocycles. The van der Waals surface area contributed by atoms with E-state index >= 15 is 0 Å². The number of aromatic nitrogens is 2. The second-order valence-corrected chi connectivity index (χ2v) is 11.9. The zero-order valence-electron chi connectivity index (χ0n) is 24.3. The van der Waals surface area contributed by atoms with Gasteiger partial charge in [-0.2, -0.15) is 5.10 Å². The third kappa shape index (κ3) is 4.89. The molecule has 0 saturated carbocycles. The summed E-state index contributed by atoms with van der Waals surface area (Å²) in [5.74, 6) is 0.582. The van der Waals surface area contributed by atoms with Crippen molar-refractivity contribution in [3.05, 3.63) is 22.5 Å². The van der Waals surface area contributed by atoms with E-state index in [9.17, 15) is 9.59 Å². The third-order valence-corrected chi connectivity index (χ3v) is 9.52. The van der Waals surface area contributed by atoms with Gasteiger partial charge >= 0.3 is 0 Å². The molecule has 0 N–H and O–H groups in total. The van der Waals surface area contributed by atoms with E-state index in [0.29, 0.717) is 24.7 Å². The number of likely N-dealkylation sites (tertiary alicyclic amines) is 1. The standard InChI is InChI=1S/C26H39B5N4O3/c1-13-10-34(11-14(2)38-13)26(37)25-16-4-3-5-17(16)35(32-25)12-18(36)33-8-6-15(7-9-33)19-20(27)22(29)24(31)23(30)21(19)28/h13-15H,3-12,27-31H2,1-2H3/t13-,14+. The molecule has 2 aliphatic heterocycles. The highest BCUT2D eigenvalue weighted by atomic mass is 16.5. The molecule has 12 heteroatoms. The number of ether oxygens (including phenoxy) is 1. The maximum atomic E-state index is 13.4. The molecule has 3 aliphatic rings. The predicted octanol–water partition coefficient (Wildman–Crippen LogP) is -5.68. The van der Waals surface area contributed by atoms with Crippen LogP contribution in [0, 0.1) is 0 Å². The van der Waals surface area contributed by atoms with E-state index in [1.165, 1.54) is 32.9 Å². The highest BCUT2D eigenvalue weighted by Gasteiger charge is 2.34. The van der Waals surface area contributed by atoms with Gasteiger partial charge in [0.05, 0.1) is 12.2 Å². The van der Waals surface area contributed by atoms with Gasteiger partial charge in [0.25, 0.3) is 5.91 Å². The Balaban J connectivity index is 1.28. The molecule has 0 bridgehead atoms. The largest absolute Gasteiger partial charge is 0.372 e. The zero-order valence-corrected chi connectivity index (χ0v) is 24.3. The number of morpholine rings is 1. The number of amides is 2. The van der Waals surface area contributed by atoms with Gasteiger partial charge in [0.2, 0.25) is 5.91 Å². The predicted molar refractivity (Wildman–Crippen MR) is 166 cm³/mol. The Morgan fingerprint density at radius 2 is 1.45 bits per heavy atom. The lowest BCUT2D eigenvalue weighted by molar-refractivity contribution is -0.133. The third-order valence-electron chi connectivity index (χ3n) is 9.52. The molecule has 0 radical (unpaired) electrons. The van der Waals surface area contributed by atoms with Gasteiger partial charge < -0.3 is 14.5 Å². The lowest BCUT2D eigenvalue weighted by atomic mass is 9.58. The van der Waals surface area contributed by atoms with Crippen LogP contribution in [0.2, 0.25) is 0 Å². The molecule has 3 heterocycles. The molecule has 0 spiro atoms. The van der Waals surface area contributed by atoms with Crippen LogP contribution in [0.25, 0.3) is 0 Å². The Kier molecular flexibility index (Phi) is 7.65. The van der Waals surface area contributed by atoms with Gasteiger partial charge in [0.15, 0.2) is 5.69 Å². The van der Waals surface area contributed by atoms with E-state index in [4.69, 9.17) is 9.84 Å². The maximum Gasteiger partial charge on any atom is 0.274 e. The molecule has 2 saturated heterocycles. The summed E-state index contributed by atoms with van der Waals surface area (Å²) in [7, 11) is 11.2. The molecular weight excluding hydrogens is 470 g/mol. The molecule has 1 aliphatic carbocycles. The minimum absolute atomic E-state index is 0.0163. The van der Waals surface area contributed by atoms with Crippen LogP contribution in [0.5, 0.6) is 0 Å². The van der Waals surface area contributed by atoms with E-state index in [1.807, 2.05) is 28.3 Å². The first-order valence-corrected chi connectivity index (χ1v) is 14.4. The van der Waals surface area contributed by atoms with Crippen molar-refractivity contribution in [2.24, 2.45) is 0 Å². The summed E-state index contributed by atoms with van der Waals surface area (Å²) in [5.41, 5.74) is 11.2. The number of carbonyl (C=O) groups is 2. The Bertz CT molecular complexity index is 1240. The average molecular weight is 510 g/mol. The van der Waals surface area contributed by atoms with Crippen molar-refractivity contribution in [2.45, 2.75) is 70.6 Å². The van der Waals surface area contributed by atoms with Crippen molar-refractivity contribution in [2.75, 3.05) is 26.2 Å². The first-order valence-electron chi connectivity index (χ1n) is 14.4. The lowest BCUT2D eigenvalue weighted by Crippen LogP contribution is -2.57. The molecule has 7 nitrogen and oxygen atoms in total. The number of hydrogen-bond acceptors (Lipinski definition) is 4. The van der Waals surface area contributed by atoms with Gasteiger partial charge in [-0.3, -0.25) is 14.3 Å². The number of benzene rings is 1. The van der Waals surface area contributed by atoms with Crippen molar-refractivity contribution >= 4 is 78.4 Å². The zero-order chi connectivity index (χ0) is 27.3. The summed E-state index contributed by atoms with van der Waals surface area (Å²) in [5, 5.41) is 4.74. The Hall–Kier alpha value is -2.35. The molecule has 2 fully saturated rings. The number of nitrogens with zero attached hydrogens (tertiary/aromatic N) is 4. The molecule has 0 unspecified atom stereocenters. The summed E-state index contributed by atoms with van der Waals surface area (Å²) < 4.78 is 7.65. The van der Waals surface area contributed by atoms with E-state index < -0.39 is 0 Å². The summed E-state index contributed by atoms with van der Waals surface area (Å²) >= 11 is 0. The van der Waals surface area contributed by atoms with Gasteiger partial charge in [-0.1, -0.05) is 16.5 Å². The van der Waals surface area contributed by atoms with E-state index in [2.05, 4.69) is 39.2 Å². The topological polar surface area (TPSA) is 67.7 Å². The van der Waals surface area contributed by atoms with E-state index in [0.717, 1.165) is 56.5 Å². The number of hydrogen-bond donors (Lipinski definition) is 0. The van der Waals surface area contributed by atoms with Crippen LogP contribution < -0.4 is 27.3 Å². The first-order chi connectivity index (χ1) is 18.1. The highest BCUT2D eigenvalue weighted by molar-refractivity contribution is 6.67. The number of fused-ring (bicyclic) bond motifs is 1. The lowest BCUT2D eigenvalue weighted by Gasteiger charge is -2.35. The van der Waals surface area contributed by atoms with Gasteiger partial charge in [0, 0.05) is 37.4 Å². The second-order valence-electron chi connectivity index (χ2n) is 11.9. The minimum Gasteiger partial charge on any atom is -0.372 e. The monoisotopic (exact) mass is 510 g/mol. The van der Waals surface area contributed by atoms with Crippen molar-refractivity contribution in [3.8, 4) is 0 Å². The van der Waals surface area contributed by atoms with Crippen LogP contribution in [0.15, 0.2) is 0 Å². The van der Waals surface area contributed by atoms with Crippen LogP contribution in [0.4, 0.5) is 0 Å². The first kappa shape index (κ1) is 27.2. The molecule has 5 rings (SSSR count). The quantitative estimate of drug-likeness (QED) is 0.386. The Morgan fingerprint density at radius 3 is 2.05 bits per heavy atom. The van der Waals surface area contributed by atoms with Gasteiger partial charge in [-0.05, 0) is 51.9 Å². The minimum atomic E-state index is -0.0217. The summed E-state index contributed by atoms with van der Waals surface area (Å²) in [6.45, 7) is 6.93. The Labute approximate surface area is 231 Å². The van der Waals surface area contributed by atoms with Crippen molar-refractivity contribution in [3.63, 3.8) is 0 Å². The molecule has 196 valence electrons. The van der Waals surface area contributed by atoms with E-state index in [1.54, 1.807) is 0 Å². The normalized spacial score (nSPS) is 22.1. The number of rotatable bonds is 4. The molecule has 38 heavy (non-hydrogen) atoms. The molecule has 2 aromatic rings. The summed E-state index contributed by atoms with van der Waals surface area (Å²) in [6.07, 6.45) is 4.76. The number of carbonyl (C=O) groups excluding carboxylic acids is 2. The van der Waals surface area contributed by atoms with Crippen LogP contribution in [0.3, 0.4) is 0 Å². The fraction of sp³-hybridized carbons (Fsp3) is 0.577. The van der Waals surface area contributed by atoms with Gasteiger partial charge in [-0.25, -0.2) is 0 Å².